The molecule has 0 saturated carbocycles. The normalized spacial score (nSPS) is 17.1. The summed E-state index contributed by atoms with van der Waals surface area (Å²) in [6.45, 7) is 2.77. The van der Waals surface area contributed by atoms with Gasteiger partial charge in [0.2, 0.25) is 0 Å². The number of fused-ring (bicyclic) bond motifs is 1. The van der Waals surface area contributed by atoms with Gasteiger partial charge < -0.3 is 9.73 Å². The highest BCUT2D eigenvalue weighted by atomic mass is 16.4. The minimum atomic E-state index is -0.417. The number of likely N-dealkylation sites (tertiary alicyclic amines) is 1. The quantitative estimate of drug-likeness (QED) is 0.833. The van der Waals surface area contributed by atoms with Crippen molar-refractivity contribution in [1.29, 1.82) is 0 Å². The second-order valence-corrected chi connectivity index (χ2v) is 5.12. The van der Waals surface area contributed by atoms with Crippen molar-refractivity contribution in [3.05, 3.63) is 28.7 Å². The predicted octanol–water partition coefficient (Wildman–Crippen LogP) is 1.63. The molecule has 1 aromatic carbocycles. The van der Waals surface area contributed by atoms with Gasteiger partial charge in [0, 0.05) is 24.8 Å². The molecule has 1 aromatic heterocycles. The molecule has 1 aliphatic rings. The lowest BCUT2D eigenvalue weighted by Gasteiger charge is -2.31. The second-order valence-electron chi connectivity index (χ2n) is 5.12. The minimum Gasteiger partial charge on any atom is -0.408 e. The first kappa shape index (κ1) is 12.8. The molecule has 2 heterocycles. The number of piperidine rings is 1. The Morgan fingerprint density at radius 3 is 3.00 bits per heavy atom. The number of aromatic nitrogens is 1. The number of H-pyrrole nitrogens is 1. The van der Waals surface area contributed by atoms with Crippen LogP contribution < -0.4 is 11.1 Å². The van der Waals surface area contributed by atoms with Crippen LogP contribution in [0.15, 0.2) is 27.4 Å². The third-order valence-corrected chi connectivity index (χ3v) is 3.69. The summed E-state index contributed by atoms with van der Waals surface area (Å²) in [6, 6.07) is 6.10. The summed E-state index contributed by atoms with van der Waals surface area (Å²) in [7, 11) is 0. The molecule has 3 rings (SSSR count). The Morgan fingerprint density at radius 1 is 1.45 bits per heavy atom. The lowest BCUT2D eigenvalue weighted by atomic mass is 10.0. The second kappa shape index (κ2) is 5.43. The van der Waals surface area contributed by atoms with Crippen molar-refractivity contribution < 1.29 is 4.42 Å². The molecule has 0 atom stereocenters. The number of benzene rings is 1. The Balaban J connectivity index is 1.65. The van der Waals surface area contributed by atoms with Crippen molar-refractivity contribution in [3.63, 3.8) is 0 Å². The van der Waals surface area contributed by atoms with E-state index in [0.717, 1.165) is 43.7 Å². The maximum atomic E-state index is 11.1. The maximum absolute atomic E-state index is 11.1. The highest BCUT2D eigenvalue weighted by molar-refractivity contribution is 5.76. The number of aromatic amines is 1. The molecule has 20 heavy (non-hydrogen) atoms. The predicted molar refractivity (Wildman–Crippen MR) is 78.8 cm³/mol. The van der Waals surface area contributed by atoms with Crippen LogP contribution in [0, 0.1) is 12.3 Å². The molecule has 1 saturated heterocycles. The number of terminal acetylenes is 1. The van der Waals surface area contributed by atoms with Crippen LogP contribution in [0.25, 0.3) is 11.1 Å². The van der Waals surface area contributed by atoms with Crippen molar-refractivity contribution in [3.8, 4) is 12.3 Å². The zero-order valence-electron chi connectivity index (χ0n) is 11.2. The molecular formula is C15H17N3O2. The van der Waals surface area contributed by atoms with Gasteiger partial charge in [-0.25, -0.2) is 4.79 Å². The lowest BCUT2D eigenvalue weighted by molar-refractivity contribution is 0.243. The van der Waals surface area contributed by atoms with E-state index in [-0.39, 0.29) is 0 Å². The van der Waals surface area contributed by atoms with E-state index < -0.39 is 5.76 Å². The van der Waals surface area contributed by atoms with Gasteiger partial charge in [-0.05, 0) is 31.0 Å². The van der Waals surface area contributed by atoms with Gasteiger partial charge in [0.1, 0.15) is 0 Å². The molecule has 0 spiro atoms. The fraction of sp³-hybridized carbons (Fsp3) is 0.400. The number of oxazole rings is 1. The van der Waals surface area contributed by atoms with E-state index >= 15 is 0 Å². The first-order valence-electron chi connectivity index (χ1n) is 6.80. The van der Waals surface area contributed by atoms with Crippen LogP contribution in [0.4, 0.5) is 5.69 Å². The van der Waals surface area contributed by atoms with Gasteiger partial charge in [0.25, 0.3) is 0 Å². The highest BCUT2D eigenvalue weighted by Gasteiger charge is 2.18. The summed E-state index contributed by atoms with van der Waals surface area (Å²) in [4.78, 5) is 16.1. The van der Waals surface area contributed by atoms with Crippen LogP contribution in [-0.4, -0.2) is 35.6 Å². The zero-order chi connectivity index (χ0) is 13.9. The maximum Gasteiger partial charge on any atom is 0.417 e. The molecule has 1 aliphatic heterocycles. The molecule has 0 aliphatic carbocycles. The molecule has 5 nitrogen and oxygen atoms in total. The van der Waals surface area contributed by atoms with Crippen molar-refractivity contribution in [2.45, 2.75) is 18.9 Å². The standard InChI is InChI=1S/C15H17N3O2/c1-2-7-18-8-5-11(6-9-18)16-12-3-4-14-13(10-12)17-15(19)20-14/h1,3-4,10-11,16H,5-9H2,(H,17,19). The van der Waals surface area contributed by atoms with Crippen LogP contribution in [0.5, 0.6) is 0 Å². The molecule has 0 unspecified atom stereocenters. The van der Waals surface area contributed by atoms with Crippen molar-refractivity contribution in [2.24, 2.45) is 0 Å². The van der Waals surface area contributed by atoms with Crippen LogP contribution >= 0.6 is 0 Å². The van der Waals surface area contributed by atoms with Crippen LogP contribution in [0.1, 0.15) is 12.8 Å². The summed E-state index contributed by atoms with van der Waals surface area (Å²) in [5.74, 6) is 2.27. The molecule has 2 aromatic rings. The van der Waals surface area contributed by atoms with Gasteiger partial charge in [-0.2, -0.15) is 0 Å². The highest BCUT2D eigenvalue weighted by Crippen LogP contribution is 2.20. The molecule has 2 N–H and O–H groups in total. The summed E-state index contributed by atoms with van der Waals surface area (Å²) in [5.41, 5.74) is 2.32. The third kappa shape index (κ3) is 2.70. The number of hydrogen-bond acceptors (Lipinski definition) is 4. The molecule has 0 amide bonds. The Kier molecular flexibility index (Phi) is 3.48. The van der Waals surface area contributed by atoms with E-state index in [1.54, 1.807) is 0 Å². The number of nitrogens with one attached hydrogen (secondary N) is 2. The van der Waals surface area contributed by atoms with Crippen LogP contribution in [-0.2, 0) is 0 Å². The molecule has 0 radical (unpaired) electrons. The Labute approximate surface area is 117 Å². The van der Waals surface area contributed by atoms with Crippen molar-refractivity contribution in [2.75, 3.05) is 25.0 Å². The van der Waals surface area contributed by atoms with Gasteiger partial charge in [-0.3, -0.25) is 9.88 Å². The lowest BCUT2D eigenvalue weighted by Crippen LogP contribution is -2.39. The minimum absolute atomic E-state index is 0.417. The number of nitrogens with zero attached hydrogens (tertiary/aromatic N) is 1. The van der Waals surface area contributed by atoms with Gasteiger partial charge in [-0.1, -0.05) is 5.92 Å². The Bertz CT molecular complexity index is 687. The molecule has 104 valence electrons. The fourth-order valence-corrected chi connectivity index (χ4v) is 2.64. The van der Waals surface area contributed by atoms with E-state index in [1.165, 1.54) is 0 Å². The van der Waals surface area contributed by atoms with Crippen LogP contribution in [0.3, 0.4) is 0 Å². The first-order chi connectivity index (χ1) is 9.74. The Hall–Kier alpha value is -2.19. The van der Waals surface area contributed by atoms with E-state index in [1.807, 2.05) is 18.2 Å². The number of rotatable bonds is 3. The number of hydrogen-bond donors (Lipinski definition) is 2. The summed E-state index contributed by atoms with van der Waals surface area (Å²) in [5, 5.41) is 3.50. The van der Waals surface area contributed by atoms with Crippen LogP contribution in [0.2, 0.25) is 0 Å². The van der Waals surface area contributed by atoms with E-state index in [0.29, 0.717) is 11.6 Å². The molecule has 1 fully saturated rings. The summed E-state index contributed by atoms with van der Waals surface area (Å²) >= 11 is 0. The molecule has 5 heteroatoms. The van der Waals surface area contributed by atoms with E-state index in [2.05, 4.69) is 21.1 Å². The summed E-state index contributed by atoms with van der Waals surface area (Å²) < 4.78 is 4.99. The molecule has 0 bridgehead atoms. The Morgan fingerprint density at radius 2 is 2.25 bits per heavy atom. The average Bonchev–Trinajstić information content (AvgIpc) is 2.81. The number of anilines is 1. The van der Waals surface area contributed by atoms with Gasteiger partial charge in [-0.15, -0.1) is 6.42 Å². The van der Waals surface area contributed by atoms with Gasteiger partial charge in [0.05, 0.1) is 12.1 Å². The fourth-order valence-electron chi connectivity index (χ4n) is 2.64. The smallest absolute Gasteiger partial charge is 0.408 e. The van der Waals surface area contributed by atoms with E-state index in [9.17, 15) is 4.79 Å². The zero-order valence-corrected chi connectivity index (χ0v) is 11.2. The van der Waals surface area contributed by atoms with Crippen molar-refractivity contribution in [1.82, 2.24) is 9.88 Å². The van der Waals surface area contributed by atoms with E-state index in [4.69, 9.17) is 10.8 Å². The third-order valence-electron chi connectivity index (χ3n) is 3.69. The largest absolute Gasteiger partial charge is 0.417 e. The molecular weight excluding hydrogens is 254 g/mol. The first-order valence-corrected chi connectivity index (χ1v) is 6.80. The monoisotopic (exact) mass is 271 g/mol. The average molecular weight is 271 g/mol. The van der Waals surface area contributed by atoms with Gasteiger partial charge in [0.15, 0.2) is 5.58 Å². The van der Waals surface area contributed by atoms with Gasteiger partial charge >= 0.3 is 5.76 Å². The van der Waals surface area contributed by atoms with Crippen molar-refractivity contribution >= 4 is 16.8 Å². The SMILES string of the molecule is C#CCN1CCC(Nc2ccc3oc(=O)[nH]c3c2)CC1. The summed E-state index contributed by atoms with van der Waals surface area (Å²) in [6.07, 6.45) is 7.47. The topological polar surface area (TPSA) is 61.3 Å².